The van der Waals surface area contributed by atoms with Gasteiger partial charge >= 0.3 is 0 Å². The van der Waals surface area contributed by atoms with Gasteiger partial charge in [-0.25, -0.2) is 0 Å². The lowest BCUT2D eigenvalue weighted by Crippen LogP contribution is -1.98. The standard InChI is InChI=1S/C6H4ClNO5S/c7-5-3-4(14(11,12)13)1-2-6(5)8(9)10/h1-3H,(H,11,12,13). The molecule has 0 saturated carbocycles. The number of nitro benzene ring substituents is 1. The quantitative estimate of drug-likeness (QED) is 0.477. The zero-order valence-corrected chi connectivity index (χ0v) is 8.12. The van der Waals surface area contributed by atoms with E-state index in [1.54, 1.807) is 0 Å². The largest absolute Gasteiger partial charge is 0.294 e. The lowest BCUT2D eigenvalue weighted by atomic mass is 10.3. The molecule has 0 atom stereocenters. The fourth-order valence-corrected chi connectivity index (χ4v) is 1.62. The Morgan fingerprint density at radius 3 is 2.36 bits per heavy atom. The molecule has 14 heavy (non-hydrogen) atoms. The van der Waals surface area contributed by atoms with Gasteiger partial charge in [0.1, 0.15) is 5.02 Å². The molecule has 0 unspecified atom stereocenters. The lowest BCUT2D eigenvalue weighted by Gasteiger charge is -1.98. The Labute approximate surface area is 84.0 Å². The fourth-order valence-electron chi connectivity index (χ4n) is 0.796. The van der Waals surface area contributed by atoms with Gasteiger partial charge in [0.2, 0.25) is 0 Å². The van der Waals surface area contributed by atoms with Gasteiger partial charge in [-0.15, -0.1) is 0 Å². The van der Waals surface area contributed by atoms with E-state index in [-0.39, 0.29) is 5.02 Å². The molecule has 0 saturated heterocycles. The summed E-state index contributed by atoms with van der Waals surface area (Å²) in [6, 6.07) is 2.62. The summed E-state index contributed by atoms with van der Waals surface area (Å²) in [6.45, 7) is 0. The summed E-state index contributed by atoms with van der Waals surface area (Å²) in [4.78, 5) is 9.06. The second kappa shape index (κ2) is 3.52. The number of halogens is 1. The van der Waals surface area contributed by atoms with E-state index in [9.17, 15) is 18.5 Å². The summed E-state index contributed by atoms with van der Waals surface area (Å²) in [5.41, 5.74) is -0.418. The van der Waals surface area contributed by atoms with Crippen molar-refractivity contribution in [2.45, 2.75) is 4.90 Å². The number of hydrogen-bond acceptors (Lipinski definition) is 4. The average molecular weight is 238 g/mol. The number of nitrogens with zero attached hydrogens (tertiary/aromatic N) is 1. The van der Waals surface area contributed by atoms with E-state index in [1.165, 1.54) is 0 Å². The number of benzene rings is 1. The molecule has 0 radical (unpaired) electrons. The van der Waals surface area contributed by atoms with Crippen LogP contribution in [0, 0.1) is 10.1 Å². The first-order valence-electron chi connectivity index (χ1n) is 3.24. The minimum atomic E-state index is -4.37. The Kier molecular flexibility index (Phi) is 2.74. The van der Waals surface area contributed by atoms with Crippen molar-refractivity contribution < 1.29 is 17.9 Å². The van der Waals surface area contributed by atoms with Crippen molar-refractivity contribution in [1.29, 1.82) is 0 Å². The Balaban J connectivity index is 3.34. The van der Waals surface area contributed by atoms with E-state index < -0.39 is 25.6 Å². The van der Waals surface area contributed by atoms with E-state index in [1.807, 2.05) is 0 Å². The van der Waals surface area contributed by atoms with Crippen LogP contribution in [0.5, 0.6) is 0 Å². The van der Waals surface area contributed by atoms with Crippen LogP contribution in [-0.4, -0.2) is 17.9 Å². The predicted octanol–water partition coefficient (Wildman–Crippen LogP) is 1.49. The predicted molar refractivity (Wildman–Crippen MR) is 47.9 cm³/mol. The molecule has 6 nitrogen and oxygen atoms in total. The van der Waals surface area contributed by atoms with Crippen LogP contribution in [0.1, 0.15) is 0 Å². The summed E-state index contributed by atoms with van der Waals surface area (Å²) in [5, 5.41) is 9.95. The highest BCUT2D eigenvalue weighted by Gasteiger charge is 2.17. The normalized spacial score (nSPS) is 11.3. The Bertz CT molecular complexity index is 483. The van der Waals surface area contributed by atoms with Crippen LogP contribution in [0.3, 0.4) is 0 Å². The second-order valence-electron chi connectivity index (χ2n) is 2.35. The van der Waals surface area contributed by atoms with Gasteiger partial charge in [0.05, 0.1) is 9.82 Å². The van der Waals surface area contributed by atoms with Crippen molar-refractivity contribution in [3.63, 3.8) is 0 Å². The maximum absolute atomic E-state index is 10.6. The minimum absolute atomic E-state index is 0.342. The molecule has 0 spiro atoms. The number of hydrogen-bond donors (Lipinski definition) is 1. The van der Waals surface area contributed by atoms with E-state index in [0.717, 1.165) is 18.2 Å². The van der Waals surface area contributed by atoms with E-state index in [4.69, 9.17) is 16.2 Å². The first-order valence-corrected chi connectivity index (χ1v) is 5.05. The van der Waals surface area contributed by atoms with Gasteiger partial charge in [-0.2, -0.15) is 8.42 Å². The Hall–Kier alpha value is -1.18. The molecule has 1 aromatic rings. The number of rotatable bonds is 2. The highest BCUT2D eigenvalue weighted by molar-refractivity contribution is 7.85. The van der Waals surface area contributed by atoms with Crippen LogP contribution in [0.4, 0.5) is 5.69 Å². The molecular weight excluding hydrogens is 234 g/mol. The molecular formula is C6H4ClNO5S. The molecule has 0 heterocycles. The van der Waals surface area contributed by atoms with Crippen LogP contribution in [0.15, 0.2) is 23.1 Å². The van der Waals surface area contributed by atoms with Crippen molar-refractivity contribution in [3.8, 4) is 0 Å². The molecule has 0 aliphatic rings. The van der Waals surface area contributed by atoms with Crippen molar-refractivity contribution in [2.24, 2.45) is 0 Å². The average Bonchev–Trinajstić information content (AvgIpc) is 2.01. The number of nitro groups is 1. The van der Waals surface area contributed by atoms with Crippen LogP contribution in [-0.2, 0) is 10.1 Å². The zero-order valence-electron chi connectivity index (χ0n) is 6.55. The van der Waals surface area contributed by atoms with Crippen molar-refractivity contribution >= 4 is 27.4 Å². The van der Waals surface area contributed by atoms with Crippen molar-refractivity contribution in [2.75, 3.05) is 0 Å². The molecule has 0 aliphatic heterocycles. The smallest absolute Gasteiger partial charge is 0.282 e. The minimum Gasteiger partial charge on any atom is -0.282 e. The maximum atomic E-state index is 10.6. The summed E-state index contributed by atoms with van der Waals surface area (Å²) in [5.74, 6) is 0. The first-order chi connectivity index (χ1) is 6.32. The molecule has 1 N–H and O–H groups in total. The highest BCUT2D eigenvalue weighted by atomic mass is 35.5. The molecule has 1 rings (SSSR count). The van der Waals surface area contributed by atoms with Gasteiger partial charge in [0.25, 0.3) is 15.8 Å². The van der Waals surface area contributed by atoms with Crippen LogP contribution in [0.25, 0.3) is 0 Å². The fraction of sp³-hybridized carbons (Fsp3) is 0. The summed E-state index contributed by atoms with van der Waals surface area (Å²) in [6.07, 6.45) is 0. The molecule has 8 heteroatoms. The molecule has 0 bridgehead atoms. The third-order valence-electron chi connectivity index (χ3n) is 1.41. The molecule has 0 fully saturated rings. The molecule has 76 valence electrons. The highest BCUT2D eigenvalue weighted by Crippen LogP contribution is 2.26. The van der Waals surface area contributed by atoms with Crippen molar-refractivity contribution in [3.05, 3.63) is 33.3 Å². The van der Waals surface area contributed by atoms with Crippen LogP contribution in [0.2, 0.25) is 5.02 Å². The lowest BCUT2D eigenvalue weighted by molar-refractivity contribution is -0.384. The van der Waals surface area contributed by atoms with Crippen molar-refractivity contribution in [1.82, 2.24) is 0 Å². The van der Waals surface area contributed by atoms with Crippen LogP contribution < -0.4 is 0 Å². The summed E-state index contributed by atoms with van der Waals surface area (Å²) in [7, 11) is -4.37. The van der Waals surface area contributed by atoms with Crippen LogP contribution >= 0.6 is 11.6 Å². The summed E-state index contributed by atoms with van der Waals surface area (Å²) < 4.78 is 29.8. The first kappa shape index (κ1) is 10.9. The molecule has 0 amide bonds. The monoisotopic (exact) mass is 237 g/mol. The van der Waals surface area contributed by atoms with Gasteiger partial charge in [-0.1, -0.05) is 11.6 Å². The Morgan fingerprint density at radius 1 is 1.43 bits per heavy atom. The van der Waals surface area contributed by atoms with E-state index >= 15 is 0 Å². The maximum Gasteiger partial charge on any atom is 0.294 e. The Morgan fingerprint density at radius 2 is 2.00 bits per heavy atom. The van der Waals surface area contributed by atoms with Gasteiger partial charge in [-0.3, -0.25) is 14.7 Å². The zero-order chi connectivity index (χ0) is 10.9. The third-order valence-corrected chi connectivity index (χ3v) is 2.57. The van der Waals surface area contributed by atoms with E-state index in [0.29, 0.717) is 0 Å². The van der Waals surface area contributed by atoms with E-state index in [2.05, 4.69) is 0 Å². The summed E-state index contributed by atoms with van der Waals surface area (Å²) >= 11 is 5.41. The molecule has 0 aliphatic carbocycles. The third kappa shape index (κ3) is 2.19. The topological polar surface area (TPSA) is 97.5 Å². The SMILES string of the molecule is O=[N+]([O-])c1ccc(S(=O)(=O)O)cc1Cl. The molecule has 0 aromatic heterocycles. The van der Waals surface area contributed by atoms with Gasteiger partial charge < -0.3 is 0 Å². The van der Waals surface area contributed by atoms with Gasteiger partial charge in [-0.05, 0) is 12.1 Å². The molecule has 1 aromatic carbocycles. The van der Waals surface area contributed by atoms with Gasteiger partial charge in [0.15, 0.2) is 0 Å². The van der Waals surface area contributed by atoms with Gasteiger partial charge in [0, 0.05) is 6.07 Å². The second-order valence-corrected chi connectivity index (χ2v) is 4.17.